The molecule has 0 amide bonds. The van der Waals surface area contributed by atoms with Gasteiger partial charge in [-0.25, -0.2) is 0 Å². The number of carbonyl (C=O) groups excluding carboxylic acids is 1. The van der Waals surface area contributed by atoms with Gasteiger partial charge in [0.05, 0.1) is 19.8 Å². The Bertz CT molecular complexity index is 372. The van der Waals surface area contributed by atoms with E-state index in [0.29, 0.717) is 23.0 Å². The van der Waals surface area contributed by atoms with Crippen LogP contribution in [0.1, 0.15) is 24.2 Å². The Kier molecular flexibility index (Phi) is 8.36. The number of methoxy groups -OCH3 is 2. The number of ether oxygens (including phenoxy) is 2. The molecule has 5 heteroatoms. The molecule has 1 aromatic carbocycles. The molecular formula is C13H18LiO3P. The number of benzene rings is 1. The normalized spacial score (nSPS) is 10.5. The maximum atomic E-state index is 12.1. The Morgan fingerprint density at radius 1 is 1.22 bits per heavy atom. The van der Waals surface area contributed by atoms with E-state index in [1.807, 2.05) is 6.07 Å². The van der Waals surface area contributed by atoms with Gasteiger partial charge in [0, 0.05) is 5.52 Å². The van der Waals surface area contributed by atoms with Crippen LogP contribution in [0.25, 0.3) is 0 Å². The van der Waals surface area contributed by atoms with Crippen LogP contribution in [0.15, 0.2) is 18.2 Å². The summed E-state index contributed by atoms with van der Waals surface area (Å²) in [5.41, 5.74) is 0.591. The topological polar surface area (TPSA) is 35.5 Å². The van der Waals surface area contributed by atoms with Crippen LogP contribution in [0.4, 0.5) is 0 Å². The second kappa shape index (κ2) is 8.59. The van der Waals surface area contributed by atoms with Gasteiger partial charge in [-0.2, -0.15) is 6.16 Å². The molecule has 0 unspecified atom stereocenters. The SMILES string of the molecule is COc1cccc(OC)c1C(=O)[P-]CC(C)C.[Li+]. The van der Waals surface area contributed by atoms with Gasteiger partial charge in [0.25, 0.3) is 0 Å². The fourth-order valence-corrected chi connectivity index (χ4v) is 2.32. The standard InChI is InChI=1S/C13H18O3P.Li/c1-9(2)8-17-13(14)12-10(15-3)6-5-7-11(12)16-4;/h5-7,9H,8H2,1-4H3;/q-1;+1. The maximum absolute atomic E-state index is 12.1. The van der Waals surface area contributed by atoms with E-state index in [0.717, 1.165) is 14.7 Å². The first-order chi connectivity index (χ1) is 8.10. The molecule has 0 aliphatic carbocycles. The summed E-state index contributed by atoms with van der Waals surface area (Å²) in [6.45, 7) is 4.19. The van der Waals surface area contributed by atoms with Gasteiger partial charge in [0.2, 0.25) is 0 Å². The van der Waals surface area contributed by atoms with E-state index in [-0.39, 0.29) is 24.4 Å². The zero-order chi connectivity index (χ0) is 12.8. The summed E-state index contributed by atoms with van der Waals surface area (Å²) < 4.78 is 10.4. The minimum Gasteiger partial charge on any atom is -0.496 e. The zero-order valence-electron chi connectivity index (χ0n) is 11.7. The van der Waals surface area contributed by atoms with Crippen molar-refractivity contribution in [3.63, 3.8) is 0 Å². The van der Waals surface area contributed by atoms with E-state index in [9.17, 15) is 4.79 Å². The first-order valence-electron chi connectivity index (χ1n) is 5.53. The van der Waals surface area contributed by atoms with Crippen molar-refractivity contribution in [1.29, 1.82) is 0 Å². The van der Waals surface area contributed by atoms with Crippen molar-refractivity contribution in [2.24, 2.45) is 5.92 Å². The van der Waals surface area contributed by atoms with Crippen LogP contribution in [-0.4, -0.2) is 25.9 Å². The summed E-state index contributed by atoms with van der Waals surface area (Å²) in [5.74, 6) is 1.65. The molecule has 0 bridgehead atoms. The van der Waals surface area contributed by atoms with Crippen molar-refractivity contribution >= 4 is 14.1 Å². The van der Waals surface area contributed by atoms with Crippen LogP contribution in [0.2, 0.25) is 0 Å². The average Bonchev–Trinajstić information content (AvgIpc) is 2.34. The summed E-state index contributed by atoms with van der Waals surface area (Å²) in [6, 6.07) is 5.37. The van der Waals surface area contributed by atoms with Crippen molar-refractivity contribution in [2.45, 2.75) is 13.8 Å². The Balaban J connectivity index is 0.00000289. The van der Waals surface area contributed by atoms with Gasteiger partial charge < -0.3 is 22.8 Å². The molecule has 3 nitrogen and oxygen atoms in total. The first-order valence-corrected chi connectivity index (χ1v) is 6.61. The summed E-state index contributed by atoms with van der Waals surface area (Å²) in [5, 5.41) is 0. The molecule has 1 rings (SSSR count). The molecule has 0 fully saturated rings. The first kappa shape index (κ1) is 17.5. The minimum absolute atomic E-state index is 0. The Hall–Kier alpha value is -0.483. The van der Waals surface area contributed by atoms with Gasteiger partial charge in [-0.3, -0.25) is 0 Å². The van der Waals surface area contributed by atoms with Gasteiger partial charge in [0.15, 0.2) is 0 Å². The molecule has 1 aromatic rings. The average molecular weight is 260 g/mol. The predicted molar refractivity (Wildman–Crippen MR) is 70.5 cm³/mol. The van der Waals surface area contributed by atoms with E-state index < -0.39 is 0 Å². The smallest absolute Gasteiger partial charge is 0.496 e. The molecule has 0 spiro atoms. The molecular weight excluding hydrogens is 242 g/mol. The van der Waals surface area contributed by atoms with E-state index in [1.165, 1.54) is 0 Å². The Morgan fingerprint density at radius 3 is 2.11 bits per heavy atom. The number of rotatable bonds is 6. The van der Waals surface area contributed by atoms with Crippen LogP contribution in [-0.2, 0) is 0 Å². The predicted octanol–water partition coefficient (Wildman–Crippen LogP) is 0.450. The second-order valence-electron chi connectivity index (χ2n) is 4.08. The van der Waals surface area contributed by atoms with Crippen LogP contribution < -0.4 is 28.3 Å². The van der Waals surface area contributed by atoms with Crippen LogP contribution in [0.5, 0.6) is 11.5 Å². The van der Waals surface area contributed by atoms with E-state index in [1.54, 1.807) is 26.4 Å². The number of carbonyl (C=O) groups is 1. The monoisotopic (exact) mass is 260 g/mol. The molecule has 0 aliphatic heterocycles. The fraction of sp³-hybridized carbons (Fsp3) is 0.462. The quantitative estimate of drug-likeness (QED) is 0.550. The number of hydrogen-bond donors (Lipinski definition) is 0. The summed E-state index contributed by atoms with van der Waals surface area (Å²) >= 11 is 0. The van der Waals surface area contributed by atoms with Crippen LogP contribution in [0, 0.1) is 5.92 Å². The van der Waals surface area contributed by atoms with E-state index in [4.69, 9.17) is 9.47 Å². The van der Waals surface area contributed by atoms with Crippen molar-refractivity contribution in [3.05, 3.63) is 23.8 Å². The van der Waals surface area contributed by atoms with Gasteiger partial charge >= 0.3 is 18.9 Å². The third-order valence-corrected chi connectivity index (χ3v) is 3.67. The molecule has 0 atom stereocenters. The molecule has 0 N–H and O–H groups in total. The Morgan fingerprint density at radius 2 is 1.72 bits per heavy atom. The Labute approximate surface area is 123 Å². The van der Waals surface area contributed by atoms with Gasteiger partial charge in [-0.1, -0.05) is 25.8 Å². The van der Waals surface area contributed by atoms with Crippen molar-refractivity contribution < 1.29 is 33.1 Å². The van der Waals surface area contributed by atoms with Gasteiger partial charge in [0.1, 0.15) is 11.5 Å². The van der Waals surface area contributed by atoms with E-state index in [2.05, 4.69) is 13.8 Å². The molecule has 0 saturated heterocycles. The maximum Gasteiger partial charge on any atom is 1.00 e. The zero-order valence-corrected chi connectivity index (χ0v) is 12.6. The largest absolute Gasteiger partial charge is 1.00 e. The molecule has 0 saturated carbocycles. The summed E-state index contributed by atoms with van der Waals surface area (Å²) in [7, 11) is 3.90. The summed E-state index contributed by atoms with van der Waals surface area (Å²) in [4.78, 5) is 12.1. The third kappa shape index (κ3) is 4.65. The van der Waals surface area contributed by atoms with Crippen LogP contribution in [0.3, 0.4) is 0 Å². The molecule has 0 heterocycles. The third-order valence-electron chi connectivity index (χ3n) is 2.24. The molecule has 18 heavy (non-hydrogen) atoms. The molecule has 94 valence electrons. The number of hydrogen-bond acceptors (Lipinski definition) is 3. The molecule has 0 aliphatic rings. The van der Waals surface area contributed by atoms with Crippen LogP contribution >= 0.6 is 8.58 Å². The van der Waals surface area contributed by atoms with Gasteiger partial charge in [-0.15, -0.1) is 0 Å². The van der Waals surface area contributed by atoms with E-state index >= 15 is 0 Å². The van der Waals surface area contributed by atoms with Crippen molar-refractivity contribution in [1.82, 2.24) is 0 Å². The van der Waals surface area contributed by atoms with Gasteiger partial charge in [-0.05, 0) is 12.1 Å². The molecule has 0 aromatic heterocycles. The fourth-order valence-electron chi connectivity index (χ4n) is 1.41. The second-order valence-corrected chi connectivity index (χ2v) is 5.16. The van der Waals surface area contributed by atoms with Crippen molar-refractivity contribution in [2.75, 3.05) is 20.4 Å². The van der Waals surface area contributed by atoms with Crippen molar-refractivity contribution in [3.8, 4) is 11.5 Å². The minimum atomic E-state index is 0. The summed E-state index contributed by atoms with van der Waals surface area (Å²) in [6.07, 6.45) is 0.847. The molecule has 0 radical (unpaired) electrons.